The smallest absolute Gasteiger partial charge is 0.220 e. The van der Waals surface area contributed by atoms with Gasteiger partial charge in [-0.1, -0.05) is 26.8 Å². The van der Waals surface area contributed by atoms with E-state index in [0.29, 0.717) is 18.9 Å². The molecule has 0 radical (unpaired) electrons. The fourth-order valence-electron chi connectivity index (χ4n) is 2.89. The second kappa shape index (κ2) is 7.14. The SMILES string of the molecule is CCc1cc(C(C)O)c2c(c1)C(NC(=O)CC(C)C)CCO2. The number of hydrogen-bond acceptors (Lipinski definition) is 3. The van der Waals surface area contributed by atoms with E-state index in [4.69, 9.17) is 4.74 Å². The predicted molar refractivity (Wildman–Crippen MR) is 86.9 cm³/mol. The summed E-state index contributed by atoms with van der Waals surface area (Å²) in [6, 6.07) is 4.07. The van der Waals surface area contributed by atoms with Crippen LogP contribution in [0.15, 0.2) is 12.1 Å². The van der Waals surface area contributed by atoms with Gasteiger partial charge in [-0.3, -0.25) is 4.79 Å². The molecule has 0 aromatic heterocycles. The Labute approximate surface area is 132 Å². The molecule has 0 spiro atoms. The minimum absolute atomic E-state index is 0.0287. The predicted octanol–water partition coefficient (Wildman–Crippen LogP) is 3.29. The maximum Gasteiger partial charge on any atom is 0.220 e. The largest absolute Gasteiger partial charge is 0.493 e. The lowest BCUT2D eigenvalue weighted by Gasteiger charge is -2.30. The van der Waals surface area contributed by atoms with Crippen LogP contribution >= 0.6 is 0 Å². The highest BCUT2D eigenvalue weighted by Crippen LogP contribution is 2.39. The van der Waals surface area contributed by atoms with Gasteiger partial charge in [0.2, 0.25) is 5.91 Å². The monoisotopic (exact) mass is 305 g/mol. The van der Waals surface area contributed by atoms with E-state index in [1.165, 1.54) is 0 Å². The Morgan fingerprint density at radius 2 is 2.14 bits per heavy atom. The topological polar surface area (TPSA) is 58.6 Å². The van der Waals surface area contributed by atoms with Crippen LogP contribution < -0.4 is 10.1 Å². The van der Waals surface area contributed by atoms with Crippen molar-refractivity contribution in [3.05, 3.63) is 28.8 Å². The van der Waals surface area contributed by atoms with E-state index >= 15 is 0 Å². The molecule has 1 aromatic rings. The van der Waals surface area contributed by atoms with Crippen LogP contribution in [0, 0.1) is 5.92 Å². The minimum Gasteiger partial charge on any atom is -0.493 e. The number of aliphatic hydroxyl groups excluding tert-OH is 1. The molecule has 1 heterocycles. The first-order valence-corrected chi connectivity index (χ1v) is 8.19. The van der Waals surface area contributed by atoms with Crippen LogP contribution in [0.4, 0.5) is 0 Å². The van der Waals surface area contributed by atoms with Crippen LogP contribution in [0.3, 0.4) is 0 Å². The number of ether oxygens (including phenoxy) is 1. The summed E-state index contributed by atoms with van der Waals surface area (Å²) in [4.78, 5) is 12.1. The van der Waals surface area contributed by atoms with Crippen molar-refractivity contribution in [3.63, 3.8) is 0 Å². The molecule has 2 unspecified atom stereocenters. The molecule has 4 heteroatoms. The Bertz CT molecular complexity index is 537. The van der Waals surface area contributed by atoms with Crippen molar-refractivity contribution in [3.8, 4) is 5.75 Å². The summed E-state index contributed by atoms with van der Waals surface area (Å²) in [5, 5.41) is 13.1. The van der Waals surface area contributed by atoms with E-state index < -0.39 is 6.10 Å². The molecule has 22 heavy (non-hydrogen) atoms. The van der Waals surface area contributed by atoms with Crippen molar-refractivity contribution >= 4 is 5.91 Å². The number of aryl methyl sites for hydroxylation is 1. The van der Waals surface area contributed by atoms with Crippen LogP contribution in [0.5, 0.6) is 5.75 Å². The van der Waals surface area contributed by atoms with Gasteiger partial charge in [0.15, 0.2) is 0 Å². The summed E-state index contributed by atoms with van der Waals surface area (Å²) in [6.07, 6.45) is 1.61. The molecule has 0 fully saturated rings. The highest BCUT2D eigenvalue weighted by Gasteiger charge is 2.27. The second-order valence-corrected chi connectivity index (χ2v) is 6.49. The summed E-state index contributed by atoms with van der Waals surface area (Å²) in [7, 11) is 0. The molecule has 0 bridgehead atoms. The molecule has 0 saturated carbocycles. The van der Waals surface area contributed by atoms with Crippen LogP contribution in [0.1, 0.15) is 69.4 Å². The van der Waals surface area contributed by atoms with Crippen molar-refractivity contribution in [2.75, 3.05) is 6.61 Å². The highest BCUT2D eigenvalue weighted by molar-refractivity contribution is 5.77. The molecule has 2 N–H and O–H groups in total. The fourth-order valence-corrected chi connectivity index (χ4v) is 2.89. The summed E-state index contributed by atoms with van der Waals surface area (Å²) in [5.74, 6) is 1.16. The number of nitrogens with one attached hydrogen (secondary N) is 1. The summed E-state index contributed by atoms with van der Waals surface area (Å²) in [6.45, 7) is 8.48. The van der Waals surface area contributed by atoms with Crippen molar-refractivity contribution in [2.24, 2.45) is 5.92 Å². The third-order valence-corrected chi connectivity index (χ3v) is 4.02. The maximum atomic E-state index is 12.1. The fraction of sp³-hybridized carbons (Fsp3) is 0.611. The number of aliphatic hydroxyl groups is 1. The average Bonchev–Trinajstić information content (AvgIpc) is 2.45. The molecule has 122 valence electrons. The van der Waals surface area contributed by atoms with Crippen molar-refractivity contribution in [2.45, 2.75) is 59.1 Å². The van der Waals surface area contributed by atoms with Crippen LogP contribution in [0.2, 0.25) is 0 Å². The molecule has 1 aliphatic heterocycles. The van der Waals surface area contributed by atoms with E-state index in [-0.39, 0.29) is 11.9 Å². The van der Waals surface area contributed by atoms with Crippen molar-refractivity contribution in [1.82, 2.24) is 5.32 Å². The zero-order valence-electron chi connectivity index (χ0n) is 14.0. The Morgan fingerprint density at radius 1 is 1.41 bits per heavy atom. The number of rotatable bonds is 5. The van der Waals surface area contributed by atoms with E-state index in [1.54, 1.807) is 6.92 Å². The van der Waals surface area contributed by atoms with E-state index in [1.807, 2.05) is 19.9 Å². The number of fused-ring (bicyclic) bond motifs is 1. The highest BCUT2D eigenvalue weighted by atomic mass is 16.5. The van der Waals surface area contributed by atoms with Gasteiger partial charge in [-0.25, -0.2) is 0 Å². The van der Waals surface area contributed by atoms with Gasteiger partial charge in [-0.05, 0) is 30.9 Å². The first kappa shape index (κ1) is 16.8. The molecule has 2 atom stereocenters. The number of carbonyl (C=O) groups is 1. The Morgan fingerprint density at radius 3 is 2.73 bits per heavy atom. The molecule has 1 aliphatic rings. The van der Waals surface area contributed by atoms with Gasteiger partial charge in [0.05, 0.1) is 18.8 Å². The molecule has 2 rings (SSSR count). The molecule has 1 amide bonds. The first-order chi connectivity index (χ1) is 10.4. The van der Waals surface area contributed by atoms with Gasteiger partial charge in [0.25, 0.3) is 0 Å². The lowest BCUT2D eigenvalue weighted by Crippen LogP contribution is -2.33. The lowest BCUT2D eigenvalue weighted by atomic mass is 9.92. The zero-order chi connectivity index (χ0) is 16.3. The van der Waals surface area contributed by atoms with Crippen molar-refractivity contribution in [1.29, 1.82) is 0 Å². The van der Waals surface area contributed by atoms with E-state index in [9.17, 15) is 9.90 Å². The zero-order valence-corrected chi connectivity index (χ0v) is 14.0. The van der Waals surface area contributed by atoms with Crippen LogP contribution in [0.25, 0.3) is 0 Å². The Hall–Kier alpha value is -1.55. The summed E-state index contributed by atoms with van der Waals surface area (Å²) < 4.78 is 5.80. The lowest BCUT2D eigenvalue weighted by molar-refractivity contribution is -0.122. The molecule has 0 aliphatic carbocycles. The van der Waals surface area contributed by atoms with Gasteiger partial charge in [0.1, 0.15) is 5.75 Å². The van der Waals surface area contributed by atoms with Gasteiger partial charge in [0, 0.05) is 24.0 Å². The van der Waals surface area contributed by atoms with Crippen molar-refractivity contribution < 1.29 is 14.6 Å². The first-order valence-electron chi connectivity index (χ1n) is 8.19. The standard InChI is InChI=1S/C18H27NO3/c1-5-13-9-14(12(4)20)18-15(10-13)16(6-7-22-18)19-17(21)8-11(2)3/h9-12,16,20H,5-8H2,1-4H3,(H,19,21). The van der Waals surface area contributed by atoms with E-state index in [2.05, 4.69) is 18.3 Å². The van der Waals surface area contributed by atoms with Gasteiger partial charge >= 0.3 is 0 Å². The van der Waals surface area contributed by atoms with Crippen LogP contribution in [-0.4, -0.2) is 17.6 Å². The molecule has 4 nitrogen and oxygen atoms in total. The molecular formula is C18H27NO3. The summed E-state index contributed by atoms with van der Waals surface area (Å²) >= 11 is 0. The molecule has 0 saturated heterocycles. The Balaban J connectivity index is 2.32. The quantitative estimate of drug-likeness (QED) is 0.877. The average molecular weight is 305 g/mol. The maximum absolute atomic E-state index is 12.1. The van der Waals surface area contributed by atoms with E-state index in [0.717, 1.165) is 35.3 Å². The number of benzene rings is 1. The molecule has 1 aromatic carbocycles. The molecular weight excluding hydrogens is 278 g/mol. The minimum atomic E-state index is -0.578. The van der Waals surface area contributed by atoms with Crippen LogP contribution in [-0.2, 0) is 11.2 Å². The van der Waals surface area contributed by atoms with Gasteiger partial charge < -0.3 is 15.2 Å². The van der Waals surface area contributed by atoms with Gasteiger partial charge in [-0.2, -0.15) is 0 Å². The summed E-state index contributed by atoms with van der Waals surface area (Å²) in [5.41, 5.74) is 2.97. The number of carbonyl (C=O) groups excluding carboxylic acids is 1. The Kier molecular flexibility index (Phi) is 5.46. The third kappa shape index (κ3) is 3.80. The number of amides is 1. The number of hydrogen-bond donors (Lipinski definition) is 2. The third-order valence-electron chi connectivity index (χ3n) is 4.02. The second-order valence-electron chi connectivity index (χ2n) is 6.49. The normalized spacial score (nSPS) is 18.5. The van der Waals surface area contributed by atoms with Gasteiger partial charge in [-0.15, -0.1) is 0 Å².